The molecular formula is C9H13N3. The molecule has 0 saturated heterocycles. The molecule has 0 spiro atoms. The van der Waals surface area contributed by atoms with Gasteiger partial charge in [-0.2, -0.15) is 0 Å². The second-order valence-corrected chi connectivity index (χ2v) is 2.75. The van der Waals surface area contributed by atoms with Gasteiger partial charge in [-0.3, -0.25) is 0 Å². The fourth-order valence-corrected chi connectivity index (χ4v) is 1.28. The van der Waals surface area contributed by atoms with Crippen LogP contribution in [0.2, 0.25) is 0 Å². The fourth-order valence-electron chi connectivity index (χ4n) is 1.28. The largest absolute Gasteiger partial charge is 0.364 e. The molecule has 0 saturated carbocycles. The Labute approximate surface area is 71.8 Å². The summed E-state index contributed by atoms with van der Waals surface area (Å²) in [5, 5.41) is 14.0. The molecule has 0 bridgehead atoms. The van der Waals surface area contributed by atoms with E-state index in [0.29, 0.717) is 12.8 Å². The van der Waals surface area contributed by atoms with Crippen LogP contribution in [0.15, 0.2) is 6.20 Å². The molecule has 64 valence electrons. The first-order valence-electron chi connectivity index (χ1n) is 3.93. The van der Waals surface area contributed by atoms with E-state index in [1.165, 1.54) is 18.0 Å². The maximum Gasteiger partial charge on any atom is 0.0239 e. The van der Waals surface area contributed by atoms with Crippen LogP contribution < -0.4 is 0 Å². The highest BCUT2D eigenvalue weighted by atomic mass is 14.7. The quantitative estimate of drug-likeness (QED) is 0.566. The van der Waals surface area contributed by atoms with E-state index < -0.39 is 0 Å². The summed E-state index contributed by atoms with van der Waals surface area (Å²) in [5.74, 6) is 0. The Morgan fingerprint density at radius 1 is 1.33 bits per heavy atom. The van der Waals surface area contributed by atoms with E-state index in [-0.39, 0.29) is 0 Å². The Kier molecular flexibility index (Phi) is 2.80. The van der Waals surface area contributed by atoms with Crippen molar-refractivity contribution in [2.45, 2.75) is 19.8 Å². The zero-order chi connectivity index (χ0) is 8.97. The van der Waals surface area contributed by atoms with Crippen LogP contribution in [0.5, 0.6) is 0 Å². The normalized spacial score (nSPS) is 9.75. The van der Waals surface area contributed by atoms with Gasteiger partial charge in [-0.25, -0.2) is 0 Å². The van der Waals surface area contributed by atoms with Crippen LogP contribution in [-0.4, -0.2) is 17.4 Å². The van der Waals surface area contributed by atoms with E-state index >= 15 is 0 Å². The van der Waals surface area contributed by atoms with Gasteiger partial charge in [0.05, 0.1) is 0 Å². The minimum atomic E-state index is 0.636. The summed E-state index contributed by atoms with van der Waals surface area (Å²) in [6.45, 7) is 2.02. The van der Waals surface area contributed by atoms with Gasteiger partial charge >= 0.3 is 0 Å². The standard InChI is InChI=1S/C9H13N3/c1-7-6-12-9(3-5-11)8(7)2-4-10/h4-6,10-12H,2-3H2,1H3. The van der Waals surface area contributed by atoms with E-state index in [1.54, 1.807) is 0 Å². The fraction of sp³-hybridized carbons (Fsp3) is 0.333. The van der Waals surface area contributed by atoms with E-state index in [4.69, 9.17) is 10.8 Å². The topological polar surface area (TPSA) is 63.5 Å². The smallest absolute Gasteiger partial charge is 0.0239 e. The first kappa shape index (κ1) is 8.71. The van der Waals surface area contributed by atoms with Crippen molar-refractivity contribution < 1.29 is 0 Å². The van der Waals surface area contributed by atoms with Gasteiger partial charge in [0.1, 0.15) is 0 Å². The van der Waals surface area contributed by atoms with Crippen molar-refractivity contribution in [2.75, 3.05) is 0 Å². The molecule has 12 heavy (non-hydrogen) atoms. The highest BCUT2D eigenvalue weighted by molar-refractivity contribution is 5.63. The van der Waals surface area contributed by atoms with Crippen molar-refractivity contribution in [3.05, 3.63) is 23.0 Å². The summed E-state index contributed by atoms with van der Waals surface area (Å²) >= 11 is 0. The van der Waals surface area contributed by atoms with Crippen LogP contribution in [0.3, 0.4) is 0 Å². The summed E-state index contributed by atoms with van der Waals surface area (Å²) in [7, 11) is 0. The summed E-state index contributed by atoms with van der Waals surface area (Å²) in [6, 6.07) is 0. The number of nitrogens with one attached hydrogen (secondary N) is 3. The maximum absolute atomic E-state index is 7.01. The molecule has 0 fully saturated rings. The van der Waals surface area contributed by atoms with E-state index in [1.807, 2.05) is 13.1 Å². The van der Waals surface area contributed by atoms with Gasteiger partial charge in [0, 0.05) is 30.9 Å². The molecule has 3 nitrogen and oxygen atoms in total. The van der Waals surface area contributed by atoms with Gasteiger partial charge in [-0.15, -0.1) is 0 Å². The zero-order valence-electron chi connectivity index (χ0n) is 7.15. The van der Waals surface area contributed by atoms with Crippen molar-refractivity contribution in [3.63, 3.8) is 0 Å². The molecule has 0 unspecified atom stereocenters. The molecule has 0 amide bonds. The molecule has 0 atom stereocenters. The lowest BCUT2D eigenvalue weighted by Crippen LogP contribution is -1.94. The van der Waals surface area contributed by atoms with Gasteiger partial charge in [-0.05, 0) is 24.3 Å². The summed E-state index contributed by atoms with van der Waals surface area (Å²) in [6.07, 6.45) is 6.00. The van der Waals surface area contributed by atoms with Crippen molar-refractivity contribution >= 4 is 12.4 Å². The molecule has 0 aromatic carbocycles. The third-order valence-electron chi connectivity index (χ3n) is 1.92. The van der Waals surface area contributed by atoms with Crippen LogP contribution >= 0.6 is 0 Å². The summed E-state index contributed by atoms with van der Waals surface area (Å²) in [4.78, 5) is 3.11. The first-order valence-corrected chi connectivity index (χ1v) is 3.93. The predicted molar refractivity (Wildman–Crippen MR) is 50.5 cm³/mol. The Morgan fingerprint density at radius 2 is 2.00 bits per heavy atom. The van der Waals surface area contributed by atoms with E-state index in [0.717, 1.165) is 11.3 Å². The molecule has 1 rings (SSSR count). The third-order valence-corrected chi connectivity index (χ3v) is 1.92. The van der Waals surface area contributed by atoms with E-state index in [2.05, 4.69) is 4.98 Å². The van der Waals surface area contributed by atoms with Crippen molar-refractivity contribution in [1.82, 2.24) is 4.98 Å². The molecule has 0 aliphatic rings. The van der Waals surface area contributed by atoms with Gasteiger partial charge < -0.3 is 15.8 Å². The van der Waals surface area contributed by atoms with Gasteiger partial charge in [0.15, 0.2) is 0 Å². The number of rotatable bonds is 4. The van der Waals surface area contributed by atoms with Crippen LogP contribution in [0, 0.1) is 17.7 Å². The zero-order valence-corrected chi connectivity index (χ0v) is 7.15. The number of aromatic amines is 1. The predicted octanol–water partition coefficient (Wildman–Crippen LogP) is 1.71. The number of hydrogen-bond acceptors (Lipinski definition) is 2. The summed E-state index contributed by atoms with van der Waals surface area (Å²) < 4.78 is 0. The second kappa shape index (κ2) is 3.85. The number of H-pyrrole nitrogens is 1. The van der Waals surface area contributed by atoms with Crippen molar-refractivity contribution in [2.24, 2.45) is 0 Å². The molecule has 0 aliphatic carbocycles. The van der Waals surface area contributed by atoms with E-state index in [9.17, 15) is 0 Å². The number of hydrogen-bond donors (Lipinski definition) is 3. The minimum Gasteiger partial charge on any atom is -0.364 e. The Balaban J connectivity index is 2.94. The molecule has 0 aliphatic heterocycles. The average molecular weight is 163 g/mol. The first-order chi connectivity index (χ1) is 5.79. The van der Waals surface area contributed by atoms with Crippen molar-refractivity contribution in [1.29, 1.82) is 10.8 Å². The molecule has 1 aromatic heterocycles. The van der Waals surface area contributed by atoms with Crippen molar-refractivity contribution in [3.8, 4) is 0 Å². The number of aryl methyl sites for hydroxylation is 1. The average Bonchev–Trinajstić information content (AvgIpc) is 2.37. The Hall–Kier alpha value is -1.38. The lowest BCUT2D eigenvalue weighted by molar-refractivity contribution is 1.14. The molecule has 0 radical (unpaired) electrons. The maximum atomic E-state index is 7.01. The van der Waals surface area contributed by atoms with Gasteiger partial charge in [-0.1, -0.05) is 0 Å². The van der Waals surface area contributed by atoms with Crippen LogP contribution in [0.4, 0.5) is 0 Å². The molecule has 3 heteroatoms. The highest BCUT2D eigenvalue weighted by Gasteiger charge is 2.04. The summed E-state index contributed by atoms with van der Waals surface area (Å²) in [5.41, 5.74) is 3.40. The SMILES string of the molecule is Cc1c[nH]c(CC=N)c1CC=N. The van der Waals surface area contributed by atoms with Gasteiger partial charge in [0.25, 0.3) is 0 Å². The lowest BCUT2D eigenvalue weighted by Gasteiger charge is -1.97. The minimum absolute atomic E-state index is 0.636. The molecule has 1 aromatic rings. The highest BCUT2D eigenvalue weighted by Crippen LogP contribution is 2.12. The van der Waals surface area contributed by atoms with Gasteiger partial charge in [0.2, 0.25) is 0 Å². The van der Waals surface area contributed by atoms with Crippen LogP contribution in [-0.2, 0) is 12.8 Å². The molecule has 3 N–H and O–H groups in total. The second-order valence-electron chi connectivity index (χ2n) is 2.75. The Morgan fingerprint density at radius 3 is 2.58 bits per heavy atom. The third kappa shape index (κ3) is 1.61. The monoisotopic (exact) mass is 163 g/mol. The molecule has 1 heterocycles. The number of aromatic nitrogens is 1. The Bertz CT molecular complexity index is 286. The molecular weight excluding hydrogens is 150 g/mol. The van der Waals surface area contributed by atoms with Crippen LogP contribution in [0.1, 0.15) is 16.8 Å². The lowest BCUT2D eigenvalue weighted by atomic mass is 10.1. The van der Waals surface area contributed by atoms with Crippen LogP contribution in [0.25, 0.3) is 0 Å².